The number of hydrogen-bond donors (Lipinski definition) is 1. The topological polar surface area (TPSA) is 64.4 Å². The molecule has 1 atom stereocenters. The van der Waals surface area contributed by atoms with E-state index in [0.717, 1.165) is 0 Å². The van der Waals surface area contributed by atoms with Crippen LogP contribution in [0.1, 0.15) is 6.92 Å². The molecule has 0 radical (unpaired) electrons. The van der Waals surface area contributed by atoms with Crippen molar-refractivity contribution >= 4 is 23.3 Å². The van der Waals surface area contributed by atoms with Crippen LogP contribution in [0.2, 0.25) is 5.02 Å². The Morgan fingerprint density at radius 1 is 1.44 bits per heavy atom. The van der Waals surface area contributed by atoms with E-state index in [-0.39, 0.29) is 5.91 Å². The van der Waals surface area contributed by atoms with Crippen LogP contribution in [0.15, 0.2) is 41.1 Å². The van der Waals surface area contributed by atoms with Crippen LogP contribution >= 0.6 is 11.6 Å². The molecule has 1 amide bonds. The van der Waals surface area contributed by atoms with Gasteiger partial charge in [-0.3, -0.25) is 4.79 Å². The molecule has 0 aliphatic rings. The Bertz CT molecular complexity index is 528. The van der Waals surface area contributed by atoms with Crippen molar-refractivity contribution in [3.05, 3.63) is 41.6 Å². The van der Waals surface area contributed by atoms with E-state index in [1.165, 1.54) is 6.26 Å². The molecule has 0 spiro atoms. The quantitative estimate of drug-likeness (QED) is 0.924. The van der Waals surface area contributed by atoms with E-state index < -0.39 is 6.10 Å². The fourth-order valence-electron chi connectivity index (χ4n) is 1.29. The first-order valence-corrected chi connectivity index (χ1v) is 5.67. The number of nitrogens with zero attached hydrogens (tertiary/aromatic N) is 1. The lowest BCUT2D eigenvalue weighted by Crippen LogP contribution is -2.30. The van der Waals surface area contributed by atoms with Crippen molar-refractivity contribution < 1.29 is 14.1 Å². The van der Waals surface area contributed by atoms with Gasteiger partial charge in [0.05, 0.1) is 5.02 Å². The number of hydrogen-bond acceptors (Lipinski definition) is 4. The molecule has 18 heavy (non-hydrogen) atoms. The summed E-state index contributed by atoms with van der Waals surface area (Å²) in [6.45, 7) is 1.62. The summed E-state index contributed by atoms with van der Waals surface area (Å²) in [7, 11) is 0. The maximum Gasteiger partial charge on any atom is 0.266 e. The molecule has 2 rings (SSSR count). The van der Waals surface area contributed by atoms with Crippen molar-refractivity contribution in [3.8, 4) is 5.75 Å². The molecule has 5 nitrogen and oxygen atoms in total. The van der Waals surface area contributed by atoms with Gasteiger partial charge in [0, 0.05) is 6.07 Å². The normalized spacial score (nSPS) is 11.9. The standard InChI is InChI=1S/C12H11ClN2O3/c1-8(12(16)14-11-6-7-17-15-11)18-10-5-3-2-4-9(10)13/h2-8H,1H3,(H,14,15,16). The van der Waals surface area contributed by atoms with Crippen LogP contribution in [0.3, 0.4) is 0 Å². The highest BCUT2D eigenvalue weighted by Gasteiger charge is 2.16. The van der Waals surface area contributed by atoms with Gasteiger partial charge < -0.3 is 14.6 Å². The van der Waals surface area contributed by atoms with E-state index in [4.69, 9.17) is 16.3 Å². The third kappa shape index (κ3) is 3.01. The Labute approximate surface area is 109 Å². The van der Waals surface area contributed by atoms with Gasteiger partial charge in [0.1, 0.15) is 12.0 Å². The van der Waals surface area contributed by atoms with Crippen molar-refractivity contribution in [2.45, 2.75) is 13.0 Å². The maximum absolute atomic E-state index is 11.8. The van der Waals surface area contributed by atoms with Crippen LogP contribution < -0.4 is 10.1 Å². The lowest BCUT2D eigenvalue weighted by atomic mass is 10.3. The number of para-hydroxylation sites is 1. The summed E-state index contributed by atoms with van der Waals surface area (Å²) in [6, 6.07) is 8.50. The van der Waals surface area contributed by atoms with Crippen molar-refractivity contribution in [2.24, 2.45) is 0 Å². The molecule has 0 saturated carbocycles. The largest absolute Gasteiger partial charge is 0.479 e. The molecule has 0 bridgehead atoms. The number of nitrogens with one attached hydrogen (secondary N) is 1. The maximum atomic E-state index is 11.8. The molecule has 2 aromatic rings. The van der Waals surface area contributed by atoms with Crippen molar-refractivity contribution in [1.29, 1.82) is 0 Å². The third-order valence-corrected chi connectivity index (χ3v) is 2.51. The van der Waals surface area contributed by atoms with Crippen molar-refractivity contribution in [1.82, 2.24) is 5.16 Å². The van der Waals surface area contributed by atoms with E-state index >= 15 is 0 Å². The van der Waals surface area contributed by atoms with E-state index in [9.17, 15) is 4.79 Å². The summed E-state index contributed by atoms with van der Waals surface area (Å²) in [5.74, 6) is 0.473. The van der Waals surface area contributed by atoms with Crippen molar-refractivity contribution in [3.63, 3.8) is 0 Å². The average Bonchev–Trinajstić information content (AvgIpc) is 2.84. The summed E-state index contributed by atoms with van der Waals surface area (Å²) >= 11 is 5.93. The monoisotopic (exact) mass is 266 g/mol. The van der Waals surface area contributed by atoms with Gasteiger partial charge in [-0.25, -0.2) is 0 Å². The number of benzene rings is 1. The smallest absolute Gasteiger partial charge is 0.266 e. The van der Waals surface area contributed by atoms with E-state index in [2.05, 4.69) is 15.0 Å². The molecule has 6 heteroatoms. The fraction of sp³-hybridized carbons (Fsp3) is 0.167. The molecule has 0 fully saturated rings. The first kappa shape index (κ1) is 12.4. The van der Waals surface area contributed by atoms with Gasteiger partial charge in [-0.05, 0) is 19.1 Å². The highest BCUT2D eigenvalue weighted by atomic mass is 35.5. The second kappa shape index (κ2) is 5.55. The van der Waals surface area contributed by atoms with Crippen LogP contribution in [0.25, 0.3) is 0 Å². The number of amides is 1. The van der Waals surface area contributed by atoms with Gasteiger partial charge in [-0.2, -0.15) is 0 Å². The molecule has 1 aromatic carbocycles. The highest BCUT2D eigenvalue weighted by Crippen LogP contribution is 2.24. The number of carbonyl (C=O) groups is 1. The molecule has 94 valence electrons. The van der Waals surface area contributed by atoms with E-state index in [1.807, 2.05) is 0 Å². The Balaban J connectivity index is 1.97. The number of rotatable bonds is 4. The predicted molar refractivity (Wildman–Crippen MR) is 66.7 cm³/mol. The lowest BCUT2D eigenvalue weighted by molar-refractivity contribution is -0.122. The number of carbonyl (C=O) groups excluding carboxylic acids is 1. The van der Waals surface area contributed by atoms with Gasteiger partial charge in [-0.1, -0.05) is 28.9 Å². The minimum Gasteiger partial charge on any atom is -0.479 e. The van der Waals surface area contributed by atoms with Crippen LogP contribution in [0.4, 0.5) is 5.82 Å². The zero-order chi connectivity index (χ0) is 13.0. The molecule has 0 aliphatic carbocycles. The minimum atomic E-state index is -0.693. The zero-order valence-corrected chi connectivity index (χ0v) is 10.3. The molecule has 1 heterocycles. The summed E-state index contributed by atoms with van der Waals surface area (Å²) in [6.07, 6.45) is 0.677. The van der Waals surface area contributed by atoms with Crippen LogP contribution in [-0.4, -0.2) is 17.2 Å². The highest BCUT2D eigenvalue weighted by molar-refractivity contribution is 6.32. The summed E-state index contributed by atoms with van der Waals surface area (Å²) in [4.78, 5) is 11.8. The van der Waals surface area contributed by atoms with E-state index in [1.54, 1.807) is 37.3 Å². The van der Waals surface area contributed by atoms with Gasteiger partial charge in [-0.15, -0.1) is 0 Å². The number of halogens is 1. The molecule has 1 aromatic heterocycles. The van der Waals surface area contributed by atoms with Crippen LogP contribution in [-0.2, 0) is 4.79 Å². The molecular weight excluding hydrogens is 256 g/mol. The minimum absolute atomic E-state index is 0.330. The fourth-order valence-corrected chi connectivity index (χ4v) is 1.47. The molecule has 1 unspecified atom stereocenters. The van der Waals surface area contributed by atoms with E-state index in [0.29, 0.717) is 16.6 Å². The average molecular weight is 267 g/mol. The zero-order valence-electron chi connectivity index (χ0n) is 9.59. The molecular formula is C12H11ClN2O3. The molecule has 0 saturated heterocycles. The van der Waals surface area contributed by atoms with Crippen molar-refractivity contribution in [2.75, 3.05) is 5.32 Å². The molecule has 0 aliphatic heterocycles. The lowest BCUT2D eigenvalue weighted by Gasteiger charge is -2.14. The number of ether oxygens (including phenoxy) is 1. The first-order valence-electron chi connectivity index (χ1n) is 5.29. The molecule has 1 N–H and O–H groups in total. The Hall–Kier alpha value is -2.01. The van der Waals surface area contributed by atoms with Crippen LogP contribution in [0.5, 0.6) is 5.75 Å². The van der Waals surface area contributed by atoms with Gasteiger partial charge >= 0.3 is 0 Å². The number of aromatic nitrogens is 1. The summed E-state index contributed by atoms with van der Waals surface area (Å²) in [5.41, 5.74) is 0. The van der Waals surface area contributed by atoms with Gasteiger partial charge in [0.15, 0.2) is 11.9 Å². The Kier molecular flexibility index (Phi) is 3.84. The second-order valence-electron chi connectivity index (χ2n) is 3.56. The summed E-state index contributed by atoms with van der Waals surface area (Å²) in [5, 5.41) is 6.58. The Morgan fingerprint density at radius 2 is 2.22 bits per heavy atom. The SMILES string of the molecule is CC(Oc1ccccc1Cl)C(=O)Nc1ccon1. The summed E-state index contributed by atoms with van der Waals surface area (Å²) < 4.78 is 10.1. The van der Waals surface area contributed by atoms with Crippen LogP contribution in [0, 0.1) is 0 Å². The van der Waals surface area contributed by atoms with Gasteiger partial charge in [0.2, 0.25) is 0 Å². The Morgan fingerprint density at radius 3 is 2.89 bits per heavy atom. The predicted octanol–water partition coefficient (Wildman–Crippen LogP) is 2.73. The third-order valence-electron chi connectivity index (χ3n) is 2.20. The second-order valence-corrected chi connectivity index (χ2v) is 3.97. The first-order chi connectivity index (χ1) is 8.66. The van der Waals surface area contributed by atoms with Gasteiger partial charge in [0.25, 0.3) is 5.91 Å². The number of anilines is 1.